The number of benzene rings is 2. The molecular formula is C15H12ClNO4. The fraction of sp³-hybridized carbons (Fsp3) is 0.133. The molecule has 0 aliphatic carbocycles. The van der Waals surface area contributed by atoms with Crippen LogP contribution in [-0.2, 0) is 6.61 Å². The number of hydrogen-bond donors (Lipinski definition) is 0. The van der Waals surface area contributed by atoms with E-state index in [1.54, 1.807) is 37.3 Å². The molecule has 0 atom stereocenters. The predicted molar refractivity (Wildman–Crippen MR) is 79.0 cm³/mol. The van der Waals surface area contributed by atoms with Crippen LogP contribution in [0.3, 0.4) is 0 Å². The van der Waals surface area contributed by atoms with Crippen molar-refractivity contribution >= 4 is 23.6 Å². The van der Waals surface area contributed by atoms with Crippen LogP contribution in [0.1, 0.15) is 21.5 Å². The first-order valence-electron chi connectivity index (χ1n) is 6.14. The number of carbonyl (C=O) groups is 1. The van der Waals surface area contributed by atoms with Crippen molar-refractivity contribution in [1.29, 1.82) is 0 Å². The van der Waals surface area contributed by atoms with Gasteiger partial charge in [-0.15, -0.1) is 0 Å². The molecule has 0 aliphatic heterocycles. The highest BCUT2D eigenvalue weighted by atomic mass is 35.5. The van der Waals surface area contributed by atoms with Crippen LogP contribution >= 0.6 is 11.6 Å². The molecule has 2 rings (SSSR count). The SMILES string of the molecule is Cc1c(COc2cccc(Cl)c2C=O)cccc1[N+](=O)[O-]. The van der Waals surface area contributed by atoms with E-state index in [-0.39, 0.29) is 17.9 Å². The summed E-state index contributed by atoms with van der Waals surface area (Å²) in [6.45, 7) is 1.78. The predicted octanol–water partition coefficient (Wildman–Crippen LogP) is 3.95. The number of carbonyl (C=O) groups excluding carboxylic acids is 1. The number of aldehydes is 1. The lowest BCUT2D eigenvalue weighted by Gasteiger charge is -2.11. The zero-order chi connectivity index (χ0) is 15.4. The first kappa shape index (κ1) is 15.0. The lowest BCUT2D eigenvalue weighted by Crippen LogP contribution is -2.02. The zero-order valence-electron chi connectivity index (χ0n) is 11.2. The quantitative estimate of drug-likeness (QED) is 0.476. The molecule has 0 radical (unpaired) electrons. The topological polar surface area (TPSA) is 69.4 Å². The fourth-order valence-electron chi connectivity index (χ4n) is 1.94. The summed E-state index contributed by atoms with van der Waals surface area (Å²) in [7, 11) is 0. The third-order valence-electron chi connectivity index (χ3n) is 3.13. The van der Waals surface area contributed by atoms with E-state index in [1.165, 1.54) is 6.07 Å². The normalized spacial score (nSPS) is 10.2. The Morgan fingerprint density at radius 3 is 2.67 bits per heavy atom. The van der Waals surface area contributed by atoms with Gasteiger partial charge in [-0.25, -0.2) is 0 Å². The lowest BCUT2D eigenvalue weighted by molar-refractivity contribution is -0.385. The average molecular weight is 306 g/mol. The fourth-order valence-corrected chi connectivity index (χ4v) is 2.15. The minimum absolute atomic E-state index is 0.0396. The van der Waals surface area contributed by atoms with Crippen LogP contribution in [0.25, 0.3) is 0 Å². The Kier molecular flexibility index (Phi) is 4.55. The highest BCUT2D eigenvalue weighted by molar-refractivity contribution is 6.33. The van der Waals surface area contributed by atoms with Crippen LogP contribution < -0.4 is 4.74 Å². The second-order valence-corrected chi connectivity index (χ2v) is 4.78. The van der Waals surface area contributed by atoms with Crippen molar-refractivity contribution in [3.63, 3.8) is 0 Å². The Hall–Kier alpha value is -2.40. The summed E-state index contributed by atoms with van der Waals surface area (Å²) in [4.78, 5) is 21.5. The highest BCUT2D eigenvalue weighted by Gasteiger charge is 2.14. The molecule has 0 heterocycles. The van der Waals surface area contributed by atoms with E-state index in [2.05, 4.69) is 0 Å². The molecule has 0 aromatic heterocycles. The van der Waals surface area contributed by atoms with E-state index in [1.807, 2.05) is 0 Å². The first-order chi connectivity index (χ1) is 10.0. The van der Waals surface area contributed by atoms with Crippen molar-refractivity contribution < 1.29 is 14.5 Å². The number of nitro benzene ring substituents is 1. The van der Waals surface area contributed by atoms with Gasteiger partial charge in [0.25, 0.3) is 5.69 Å². The monoisotopic (exact) mass is 305 g/mol. The Morgan fingerprint density at radius 2 is 2.00 bits per heavy atom. The number of halogens is 1. The van der Waals surface area contributed by atoms with E-state index in [9.17, 15) is 14.9 Å². The molecule has 0 saturated carbocycles. The molecule has 108 valence electrons. The van der Waals surface area contributed by atoms with E-state index in [0.29, 0.717) is 28.2 Å². The largest absolute Gasteiger partial charge is 0.488 e. The van der Waals surface area contributed by atoms with E-state index in [0.717, 1.165) is 0 Å². The highest BCUT2D eigenvalue weighted by Crippen LogP contribution is 2.27. The van der Waals surface area contributed by atoms with Crippen LogP contribution in [0.5, 0.6) is 5.75 Å². The summed E-state index contributed by atoms with van der Waals surface area (Å²) in [5.74, 6) is 0.350. The van der Waals surface area contributed by atoms with Gasteiger partial charge in [-0.05, 0) is 24.6 Å². The maximum atomic E-state index is 11.0. The van der Waals surface area contributed by atoms with Crippen LogP contribution in [0.15, 0.2) is 36.4 Å². The molecule has 2 aromatic carbocycles. The van der Waals surface area contributed by atoms with E-state index < -0.39 is 4.92 Å². The standard InChI is InChI=1S/C15H12ClNO4/c1-10-11(4-2-6-14(10)17(19)20)9-21-15-7-3-5-13(16)12(15)8-18/h2-8H,9H2,1H3. The van der Waals surface area contributed by atoms with Crippen molar-refractivity contribution in [3.05, 3.63) is 68.2 Å². The van der Waals surface area contributed by atoms with Crippen molar-refractivity contribution in [1.82, 2.24) is 0 Å². The molecule has 5 nitrogen and oxygen atoms in total. The Morgan fingerprint density at radius 1 is 1.29 bits per heavy atom. The molecule has 0 amide bonds. The maximum absolute atomic E-state index is 11.0. The molecule has 0 fully saturated rings. The second-order valence-electron chi connectivity index (χ2n) is 4.38. The molecule has 0 unspecified atom stereocenters. The van der Waals surface area contributed by atoms with Gasteiger partial charge in [0, 0.05) is 11.6 Å². The summed E-state index contributed by atoms with van der Waals surface area (Å²) in [6, 6.07) is 9.68. The van der Waals surface area contributed by atoms with Gasteiger partial charge in [-0.2, -0.15) is 0 Å². The molecule has 0 N–H and O–H groups in total. The third-order valence-corrected chi connectivity index (χ3v) is 3.46. The molecular weight excluding hydrogens is 294 g/mol. The number of rotatable bonds is 5. The lowest BCUT2D eigenvalue weighted by atomic mass is 10.1. The van der Waals surface area contributed by atoms with Crippen molar-refractivity contribution in [2.24, 2.45) is 0 Å². The van der Waals surface area contributed by atoms with Gasteiger partial charge in [0.15, 0.2) is 6.29 Å². The van der Waals surface area contributed by atoms with Gasteiger partial charge in [0.2, 0.25) is 0 Å². The molecule has 21 heavy (non-hydrogen) atoms. The molecule has 0 spiro atoms. The molecule has 0 saturated heterocycles. The van der Waals surface area contributed by atoms with Gasteiger partial charge in [-0.1, -0.05) is 29.8 Å². The Bertz CT molecular complexity index is 700. The summed E-state index contributed by atoms with van der Waals surface area (Å²) >= 11 is 5.91. The summed E-state index contributed by atoms with van der Waals surface area (Å²) < 4.78 is 5.57. The van der Waals surface area contributed by atoms with E-state index >= 15 is 0 Å². The first-order valence-corrected chi connectivity index (χ1v) is 6.51. The zero-order valence-corrected chi connectivity index (χ0v) is 12.0. The van der Waals surface area contributed by atoms with Crippen LogP contribution in [0.4, 0.5) is 5.69 Å². The van der Waals surface area contributed by atoms with Crippen LogP contribution in [-0.4, -0.2) is 11.2 Å². The molecule has 0 bridgehead atoms. The van der Waals surface area contributed by atoms with Crippen molar-refractivity contribution in [3.8, 4) is 5.75 Å². The number of nitrogens with zero attached hydrogens (tertiary/aromatic N) is 1. The summed E-state index contributed by atoms with van der Waals surface area (Å²) in [5.41, 5.74) is 1.53. The number of ether oxygens (including phenoxy) is 1. The number of nitro groups is 1. The van der Waals surface area contributed by atoms with Crippen molar-refractivity contribution in [2.45, 2.75) is 13.5 Å². The van der Waals surface area contributed by atoms with E-state index in [4.69, 9.17) is 16.3 Å². The van der Waals surface area contributed by atoms with Gasteiger partial charge in [0.05, 0.1) is 15.5 Å². The van der Waals surface area contributed by atoms with Gasteiger partial charge >= 0.3 is 0 Å². The van der Waals surface area contributed by atoms with Crippen LogP contribution in [0.2, 0.25) is 5.02 Å². The summed E-state index contributed by atoms with van der Waals surface area (Å²) in [6.07, 6.45) is 0.623. The molecule has 6 heteroatoms. The average Bonchev–Trinajstić information content (AvgIpc) is 2.46. The Labute approximate surface area is 126 Å². The van der Waals surface area contributed by atoms with Gasteiger partial charge in [-0.3, -0.25) is 14.9 Å². The minimum Gasteiger partial charge on any atom is -0.488 e. The van der Waals surface area contributed by atoms with Crippen molar-refractivity contribution in [2.75, 3.05) is 0 Å². The molecule has 0 aliphatic rings. The van der Waals surface area contributed by atoms with Gasteiger partial charge < -0.3 is 4.74 Å². The maximum Gasteiger partial charge on any atom is 0.272 e. The summed E-state index contributed by atoms with van der Waals surface area (Å²) in [5, 5.41) is 11.2. The Balaban J connectivity index is 2.25. The second kappa shape index (κ2) is 6.37. The molecule has 2 aromatic rings. The number of hydrogen-bond acceptors (Lipinski definition) is 4. The minimum atomic E-state index is -0.435. The van der Waals surface area contributed by atoms with Gasteiger partial charge in [0.1, 0.15) is 12.4 Å². The third kappa shape index (κ3) is 3.20. The van der Waals surface area contributed by atoms with Crippen LogP contribution in [0, 0.1) is 17.0 Å². The smallest absolute Gasteiger partial charge is 0.272 e.